The SMILES string of the molecule is NCC1(c2cccc(Cl)c2)CCC(n2nc(C3=CC=NC3)ccc2=O)CC1. The van der Waals surface area contributed by atoms with Crippen molar-refractivity contribution in [1.82, 2.24) is 9.78 Å². The molecule has 0 unspecified atom stereocenters. The van der Waals surface area contributed by atoms with Gasteiger partial charge in [-0.1, -0.05) is 23.7 Å². The Morgan fingerprint density at radius 3 is 2.70 bits per heavy atom. The van der Waals surface area contributed by atoms with Gasteiger partial charge in [0.1, 0.15) is 0 Å². The fraction of sp³-hybridized carbons (Fsp3) is 0.381. The molecule has 6 heteroatoms. The summed E-state index contributed by atoms with van der Waals surface area (Å²) in [6, 6.07) is 11.5. The van der Waals surface area contributed by atoms with Crippen LogP contribution in [0.25, 0.3) is 5.57 Å². The molecule has 2 aromatic rings. The summed E-state index contributed by atoms with van der Waals surface area (Å²) in [6.07, 6.45) is 7.31. The number of rotatable bonds is 4. The molecule has 1 aromatic carbocycles. The highest BCUT2D eigenvalue weighted by molar-refractivity contribution is 6.30. The summed E-state index contributed by atoms with van der Waals surface area (Å²) in [7, 11) is 0. The number of hydrogen-bond acceptors (Lipinski definition) is 4. The van der Waals surface area contributed by atoms with Crippen molar-refractivity contribution in [3.63, 3.8) is 0 Å². The molecular formula is C21H23ClN4O. The molecular weight excluding hydrogens is 360 g/mol. The van der Waals surface area contributed by atoms with E-state index in [-0.39, 0.29) is 17.0 Å². The Balaban J connectivity index is 1.57. The second-order valence-corrected chi connectivity index (χ2v) is 7.85. The molecule has 0 bridgehead atoms. The summed E-state index contributed by atoms with van der Waals surface area (Å²) in [5.41, 5.74) is 9.14. The Bertz CT molecular complexity index is 955. The predicted molar refractivity (Wildman–Crippen MR) is 110 cm³/mol. The van der Waals surface area contributed by atoms with Crippen LogP contribution in [-0.2, 0) is 5.41 Å². The summed E-state index contributed by atoms with van der Waals surface area (Å²) < 4.78 is 1.66. The zero-order valence-corrected chi connectivity index (χ0v) is 15.9. The predicted octanol–water partition coefficient (Wildman–Crippen LogP) is 3.38. The third-order valence-corrected chi connectivity index (χ3v) is 6.12. The van der Waals surface area contributed by atoms with Crippen LogP contribution in [0.3, 0.4) is 0 Å². The number of allylic oxidation sites excluding steroid dienone is 1. The van der Waals surface area contributed by atoms with Gasteiger partial charge in [0.15, 0.2) is 0 Å². The lowest BCUT2D eigenvalue weighted by molar-refractivity contribution is 0.221. The van der Waals surface area contributed by atoms with E-state index in [1.54, 1.807) is 23.0 Å². The minimum atomic E-state index is -0.0789. The number of benzene rings is 1. The van der Waals surface area contributed by atoms with Gasteiger partial charge in [-0.15, -0.1) is 0 Å². The molecule has 0 atom stereocenters. The Kier molecular flexibility index (Phi) is 4.98. The van der Waals surface area contributed by atoms with E-state index in [4.69, 9.17) is 17.3 Å². The van der Waals surface area contributed by atoms with Gasteiger partial charge in [-0.25, -0.2) is 4.68 Å². The van der Waals surface area contributed by atoms with Crippen molar-refractivity contribution in [2.24, 2.45) is 10.7 Å². The summed E-state index contributed by atoms with van der Waals surface area (Å²) in [6.45, 7) is 1.20. The molecule has 0 radical (unpaired) electrons. The third-order valence-electron chi connectivity index (χ3n) is 5.88. The van der Waals surface area contributed by atoms with Crippen molar-refractivity contribution >= 4 is 23.4 Å². The van der Waals surface area contributed by atoms with Gasteiger partial charge in [0, 0.05) is 34.8 Å². The second-order valence-electron chi connectivity index (χ2n) is 7.41. The largest absolute Gasteiger partial charge is 0.330 e. The fourth-order valence-electron chi connectivity index (χ4n) is 4.20. The highest BCUT2D eigenvalue weighted by Crippen LogP contribution is 2.42. The molecule has 1 aromatic heterocycles. The fourth-order valence-corrected chi connectivity index (χ4v) is 4.39. The van der Waals surface area contributed by atoms with Crippen LogP contribution in [0.2, 0.25) is 5.02 Å². The van der Waals surface area contributed by atoms with Gasteiger partial charge in [-0.2, -0.15) is 5.10 Å². The number of hydrogen-bond donors (Lipinski definition) is 1. The molecule has 1 saturated carbocycles. The Hall–Kier alpha value is -2.24. The summed E-state index contributed by atoms with van der Waals surface area (Å²) in [5.74, 6) is 0. The lowest BCUT2D eigenvalue weighted by atomic mass is 9.68. The minimum Gasteiger partial charge on any atom is -0.330 e. The van der Waals surface area contributed by atoms with Crippen LogP contribution in [-0.4, -0.2) is 29.1 Å². The van der Waals surface area contributed by atoms with Gasteiger partial charge in [0.05, 0.1) is 18.3 Å². The van der Waals surface area contributed by atoms with Gasteiger partial charge in [0.25, 0.3) is 5.56 Å². The van der Waals surface area contributed by atoms with Gasteiger partial charge in [-0.3, -0.25) is 9.79 Å². The van der Waals surface area contributed by atoms with Gasteiger partial charge in [0.2, 0.25) is 0 Å². The topological polar surface area (TPSA) is 73.3 Å². The number of halogens is 1. The first kappa shape index (κ1) is 18.1. The van der Waals surface area contributed by atoms with Crippen molar-refractivity contribution in [1.29, 1.82) is 0 Å². The van der Waals surface area contributed by atoms with E-state index >= 15 is 0 Å². The van der Waals surface area contributed by atoms with Gasteiger partial charge >= 0.3 is 0 Å². The van der Waals surface area contributed by atoms with Crippen molar-refractivity contribution in [2.75, 3.05) is 13.1 Å². The molecule has 0 amide bonds. The number of nitrogens with two attached hydrogens (primary N) is 1. The summed E-state index contributed by atoms with van der Waals surface area (Å²) in [5, 5.41) is 5.38. The van der Waals surface area contributed by atoms with E-state index in [0.29, 0.717) is 13.1 Å². The van der Waals surface area contributed by atoms with Crippen molar-refractivity contribution in [3.05, 3.63) is 69.1 Å². The molecule has 27 heavy (non-hydrogen) atoms. The van der Waals surface area contributed by atoms with Crippen LogP contribution in [0.1, 0.15) is 43.0 Å². The first-order chi connectivity index (χ1) is 13.1. The summed E-state index contributed by atoms with van der Waals surface area (Å²) >= 11 is 6.20. The lowest BCUT2D eigenvalue weighted by Gasteiger charge is -2.40. The Morgan fingerprint density at radius 2 is 2.04 bits per heavy atom. The monoisotopic (exact) mass is 382 g/mol. The van der Waals surface area contributed by atoms with E-state index in [2.05, 4.69) is 16.2 Å². The lowest BCUT2D eigenvalue weighted by Crippen LogP contribution is -2.41. The molecule has 2 aliphatic rings. The van der Waals surface area contributed by atoms with Crippen LogP contribution >= 0.6 is 11.6 Å². The van der Waals surface area contributed by atoms with Crippen LogP contribution < -0.4 is 11.3 Å². The molecule has 1 fully saturated rings. The average Bonchev–Trinajstić information content (AvgIpc) is 3.23. The zero-order chi connectivity index (χ0) is 18.9. The van der Waals surface area contributed by atoms with E-state index in [1.807, 2.05) is 24.3 Å². The molecule has 2 N–H and O–H groups in total. The van der Waals surface area contributed by atoms with Gasteiger partial charge < -0.3 is 5.73 Å². The number of nitrogens with zero attached hydrogens (tertiary/aromatic N) is 3. The molecule has 2 heterocycles. The molecule has 0 saturated heterocycles. The number of aromatic nitrogens is 2. The molecule has 5 nitrogen and oxygen atoms in total. The Morgan fingerprint density at radius 1 is 1.22 bits per heavy atom. The first-order valence-corrected chi connectivity index (χ1v) is 9.74. The molecule has 140 valence electrons. The molecule has 1 aliphatic carbocycles. The number of aliphatic imine (C=N–C) groups is 1. The normalized spacial score (nSPS) is 24.8. The highest BCUT2D eigenvalue weighted by Gasteiger charge is 2.37. The van der Waals surface area contributed by atoms with E-state index < -0.39 is 0 Å². The Labute approximate surface area is 163 Å². The average molecular weight is 383 g/mol. The highest BCUT2D eigenvalue weighted by atomic mass is 35.5. The van der Waals surface area contributed by atoms with E-state index in [1.165, 1.54) is 5.56 Å². The maximum atomic E-state index is 12.4. The van der Waals surface area contributed by atoms with Crippen LogP contribution in [0, 0.1) is 0 Å². The van der Waals surface area contributed by atoms with Crippen LogP contribution in [0.15, 0.2) is 52.3 Å². The third kappa shape index (κ3) is 3.49. The van der Waals surface area contributed by atoms with E-state index in [0.717, 1.165) is 42.0 Å². The molecule has 0 spiro atoms. The van der Waals surface area contributed by atoms with E-state index in [9.17, 15) is 4.79 Å². The van der Waals surface area contributed by atoms with Crippen molar-refractivity contribution < 1.29 is 0 Å². The standard InChI is InChI=1S/C21H23ClN4O/c22-17-3-1-2-16(12-17)21(14-23)9-6-18(7-10-21)26-20(27)5-4-19(25-26)15-8-11-24-13-15/h1-5,8,11-12,18H,6-7,9-10,13-14,23H2. The van der Waals surface area contributed by atoms with Gasteiger partial charge in [-0.05, 0) is 55.5 Å². The summed E-state index contributed by atoms with van der Waals surface area (Å²) in [4.78, 5) is 16.6. The zero-order valence-electron chi connectivity index (χ0n) is 15.1. The molecule has 4 rings (SSSR count). The maximum absolute atomic E-state index is 12.4. The first-order valence-electron chi connectivity index (χ1n) is 9.37. The second kappa shape index (κ2) is 7.41. The van der Waals surface area contributed by atoms with Crippen molar-refractivity contribution in [3.8, 4) is 0 Å². The molecule has 1 aliphatic heterocycles. The smallest absolute Gasteiger partial charge is 0.267 e. The minimum absolute atomic E-state index is 0.0498. The van der Waals surface area contributed by atoms with Crippen LogP contribution in [0.4, 0.5) is 0 Å². The van der Waals surface area contributed by atoms with Crippen LogP contribution in [0.5, 0.6) is 0 Å². The van der Waals surface area contributed by atoms with Crippen molar-refractivity contribution in [2.45, 2.75) is 37.1 Å². The quantitative estimate of drug-likeness (QED) is 0.880. The maximum Gasteiger partial charge on any atom is 0.267 e.